The average molecular weight is 928 g/mol. The highest BCUT2D eigenvalue weighted by molar-refractivity contribution is 7.86. The van der Waals surface area contributed by atoms with E-state index in [1.807, 2.05) is 0 Å². The lowest BCUT2D eigenvalue weighted by atomic mass is 10.0. The highest BCUT2D eigenvalue weighted by Gasteiger charge is 2.33. The number of aliphatic hydroxyl groups is 2. The molecule has 0 fully saturated rings. The van der Waals surface area contributed by atoms with Crippen molar-refractivity contribution in [1.29, 1.82) is 0 Å². The molecule has 4 N–H and O–H groups in total. The number of hydrogen-bond donors (Lipinski definition) is 4. The van der Waals surface area contributed by atoms with Crippen LogP contribution in [-0.2, 0) is 20.2 Å². The number of likely N-dealkylation sites (N-methyl/N-ethyl adjacent to an activating group) is 2. The fraction of sp³-hybridized carbons (Fsp3) is 1.00. The zero-order chi connectivity index (χ0) is 46.3. The Morgan fingerprint density at radius 3 is 0.677 bits per heavy atom. The Balaban J connectivity index is 4.98. The van der Waals surface area contributed by atoms with Gasteiger partial charge in [-0.15, -0.1) is 0 Å². The fourth-order valence-corrected chi connectivity index (χ4v) is 11.0. The summed E-state index contributed by atoms with van der Waals surface area (Å²) >= 11 is 0. The standard InChI is InChI=1S/C50H104N2O8S2/c1-5-9-11-13-15-17-19-21-23-25-27-29-31-33-35-37-41-51(7-3,45-49(53)47-61(55,56)57)43-39-40-44-52(8-4,46-50(54)48-62(58,59)60)42-38-36-34-32-30-28-26-24-22-20-18-16-14-12-10-6-2/h49-50,53-54H,5-48H2,1-4H3/p+2. The van der Waals surface area contributed by atoms with Gasteiger partial charge in [-0.05, 0) is 39.5 Å². The first kappa shape index (κ1) is 61.7. The van der Waals surface area contributed by atoms with Gasteiger partial charge in [0, 0.05) is 12.8 Å². The van der Waals surface area contributed by atoms with Crippen LogP contribution in [0.4, 0.5) is 0 Å². The number of unbranched alkanes of at least 4 members (excludes halogenated alkanes) is 31. The monoisotopic (exact) mass is 927 g/mol. The lowest BCUT2D eigenvalue weighted by molar-refractivity contribution is -0.935. The molecular formula is C50H106N2O8S2+2. The molecule has 4 atom stereocenters. The van der Waals surface area contributed by atoms with Gasteiger partial charge in [0.1, 0.15) is 36.8 Å². The number of quaternary nitrogens is 2. The van der Waals surface area contributed by atoms with Gasteiger partial charge in [-0.25, -0.2) is 0 Å². The van der Waals surface area contributed by atoms with E-state index in [0.29, 0.717) is 8.97 Å². The molecule has 0 aliphatic rings. The summed E-state index contributed by atoms with van der Waals surface area (Å²) in [7, 11) is -8.60. The Hall–Kier alpha value is -0.340. The van der Waals surface area contributed by atoms with E-state index in [2.05, 4.69) is 27.7 Å². The van der Waals surface area contributed by atoms with Crippen molar-refractivity contribution in [1.82, 2.24) is 0 Å². The van der Waals surface area contributed by atoms with Gasteiger partial charge < -0.3 is 19.2 Å². The summed E-state index contributed by atoms with van der Waals surface area (Å²) in [4.78, 5) is 0. The van der Waals surface area contributed by atoms with Crippen LogP contribution in [0.5, 0.6) is 0 Å². The number of aliphatic hydroxyl groups excluding tert-OH is 2. The summed E-state index contributed by atoms with van der Waals surface area (Å²) in [5, 5.41) is 21.6. The summed E-state index contributed by atoms with van der Waals surface area (Å²) in [6.45, 7) is 14.0. The van der Waals surface area contributed by atoms with Crippen LogP contribution in [0.3, 0.4) is 0 Å². The van der Waals surface area contributed by atoms with Crippen molar-refractivity contribution in [2.45, 2.75) is 258 Å². The van der Waals surface area contributed by atoms with Crippen LogP contribution < -0.4 is 0 Å². The molecule has 0 aromatic carbocycles. The molecule has 0 aliphatic carbocycles. The molecule has 374 valence electrons. The summed E-state index contributed by atoms with van der Waals surface area (Å²) in [6, 6.07) is 0. The van der Waals surface area contributed by atoms with Crippen molar-refractivity contribution in [2.24, 2.45) is 0 Å². The Labute approximate surface area is 385 Å². The maximum atomic E-state index is 11.7. The largest absolute Gasteiger partial charge is 0.386 e. The molecule has 10 nitrogen and oxygen atoms in total. The minimum absolute atomic E-state index is 0.273. The van der Waals surface area contributed by atoms with Crippen LogP contribution >= 0.6 is 0 Å². The highest BCUT2D eigenvalue weighted by atomic mass is 32.2. The van der Waals surface area contributed by atoms with Gasteiger partial charge in [0.25, 0.3) is 20.2 Å². The minimum atomic E-state index is -4.30. The van der Waals surface area contributed by atoms with Gasteiger partial charge in [0.2, 0.25) is 0 Å². The van der Waals surface area contributed by atoms with Crippen LogP contribution in [0.1, 0.15) is 246 Å². The maximum Gasteiger partial charge on any atom is 0.267 e. The second-order valence-electron chi connectivity index (χ2n) is 19.7. The lowest BCUT2D eigenvalue weighted by Crippen LogP contribution is -2.56. The zero-order valence-electron chi connectivity index (χ0n) is 41.4. The molecule has 0 heterocycles. The van der Waals surface area contributed by atoms with Crippen LogP contribution in [0.15, 0.2) is 0 Å². The molecule has 12 heteroatoms. The summed E-state index contributed by atoms with van der Waals surface area (Å²) < 4.78 is 66.9. The quantitative estimate of drug-likeness (QED) is 0.0268. The molecule has 0 aliphatic heterocycles. The van der Waals surface area contributed by atoms with E-state index in [1.165, 1.54) is 180 Å². The van der Waals surface area contributed by atoms with Gasteiger partial charge in [-0.1, -0.05) is 194 Å². The predicted octanol–water partition coefficient (Wildman–Crippen LogP) is 12.5. The summed E-state index contributed by atoms with van der Waals surface area (Å²) in [6.07, 6.45) is 40.9. The van der Waals surface area contributed by atoms with Crippen molar-refractivity contribution in [3.8, 4) is 0 Å². The molecule has 0 aromatic rings. The van der Waals surface area contributed by atoms with Gasteiger partial charge in [0.05, 0.1) is 39.3 Å². The van der Waals surface area contributed by atoms with Crippen LogP contribution in [0.25, 0.3) is 0 Å². The SMILES string of the molecule is CCCCCCCCCCCCCCCCCC[N+](CC)(CCCC[N+](CC)(CCCCCCCCCCCCCCCCCC)CC(O)CS(=O)(=O)O)CC(O)CS(=O)(=O)O. The van der Waals surface area contributed by atoms with Crippen LogP contribution in [-0.4, -0.2) is 121 Å². The molecule has 4 unspecified atom stereocenters. The third kappa shape index (κ3) is 38.9. The molecule has 0 aromatic heterocycles. The first-order valence-corrected chi connectivity index (χ1v) is 29.8. The maximum absolute atomic E-state index is 11.7. The number of hydrogen-bond acceptors (Lipinski definition) is 6. The third-order valence-electron chi connectivity index (χ3n) is 13.8. The number of nitrogens with zero attached hydrogens (tertiary/aromatic N) is 2. The van der Waals surface area contributed by atoms with Crippen molar-refractivity contribution in [3.63, 3.8) is 0 Å². The first-order chi connectivity index (χ1) is 29.7. The van der Waals surface area contributed by atoms with E-state index in [-0.39, 0.29) is 13.1 Å². The molecule has 0 amide bonds. The molecule has 0 radical (unpaired) electrons. The topological polar surface area (TPSA) is 149 Å². The highest BCUT2D eigenvalue weighted by Crippen LogP contribution is 2.21. The van der Waals surface area contributed by atoms with Crippen molar-refractivity contribution >= 4 is 20.2 Å². The van der Waals surface area contributed by atoms with Crippen molar-refractivity contribution in [3.05, 3.63) is 0 Å². The van der Waals surface area contributed by atoms with E-state index in [4.69, 9.17) is 0 Å². The molecule has 0 saturated carbocycles. The van der Waals surface area contributed by atoms with Gasteiger partial charge >= 0.3 is 0 Å². The second-order valence-corrected chi connectivity index (χ2v) is 22.7. The number of rotatable bonds is 49. The zero-order valence-corrected chi connectivity index (χ0v) is 43.0. The first-order valence-electron chi connectivity index (χ1n) is 26.6. The van der Waals surface area contributed by atoms with Crippen molar-refractivity contribution < 1.29 is 45.1 Å². The van der Waals surface area contributed by atoms with E-state index in [1.54, 1.807) is 0 Å². The van der Waals surface area contributed by atoms with E-state index >= 15 is 0 Å². The molecule has 0 spiro atoms. The van der Waals surface area contributed by atoms with Gasteiger partial charge in [-0.2, -0.15) is 16.8 Å². The average Bonchev–Trinajstić information content (AvgIpc) is 3.20. The molecule has 62 heavy (non-hydrogen) atoms. The molecule has 0 rings (SSSR count). The van der Waals surface area contributed by atoms with Crippen molar-refractivity contribution in [2.75, 3.05) is 63.9 Å². The molecular weight excluding hydrogens is 821 g/mol. The Bertz CT molecular complexity index is 1120. The Morgan fingerprint density at radius 1 is 0.323 bits per heavy atom. The second kappa shape index (κ2) is 39.8. The smallest absolute Gasteiger partial charge is 0.267 e. The van der Waals surface area contributed by atoms with Crippen LogP contribution in [0, 0.1) is 0 Å². The minimum Gasteiger partial charge on any atom is -0.386 e. The van der Waals surface area contributed by atoms with Gasteiger partial charge in [-0.3, -0.25) is 9.11 Å². The normalized spacial score (nSPS) is 15.4. The lowest BCUT2D eigenvalue weighted by Gasteiger charge is -2.41. The van der Waals surface area contributed by atoms with E-state index in [9.17, 15) is 36.2 Å². The van der Waals surface area contributed by atoms with E-state index in [0.717, 1.165) is 77.8 Å². The van der Waals surface area contributed by atoms with E-state index < -0.39 is 43.9 Å². The third-order valence-corrected chi connectivity index (χ3v) is 15.4. The summed E-state index contributed by atoms with van der Waals surface area (Å²) in [5.41, 5.74) is 0. The Morgan fingerprint density at radius 2 is 0.500 bits per heavy atom. The predicted molar refractivity (Wildman–Crippen MR) is 264 cm³/mol. The molecule has 0 saturated heterocycles. The van der Waals surface area contributed by atoms with Crippen LogP contribution in [0.2, 0.25) is 0 Å². The fourth-order valence-electron chi connectivity index (χ4n) is 9.85. The van der Waals surface area contributed by atoms with Gasteiger partial charge in [0.15, 0.2) is 0 Å². The summed E-state index contributed by atoms with van der Waals surface area (Å²) in [5.74, 6) is -1.32. The molecule has 0 bridgehead atoms. The Kier molecular flexibility index (Phi) is 39.6.